The molecular weight excluding hydrogens is 523 g/mol. The SMILES string of the molecule is CCCCCCCCOC(=O)c1ccccc1C(=O)OCCCCCCCC.Fc1cccc(Br)c1. The average Bonchev–Trinajstić information content (AvgIpc) is 2.87. The van der Waals surface area contributed by atoms with Crippen molar-refractivity contribution < 1.29 is 23.5 Å². The van der Waals surface area contributed by atoms with Crippen molar-refractivity contribution in [2.45, 2.75) is 90.9 Å². The Bertz CT molecular complexity index is 805. The molecule has 6 heteroatoms. The van der Waals surface area contributed by atoms with E-state index in [-0.39, 0.29) is 5.82 Å². The number of benzene rings is 2. The first-order valence-corrected chi connectivity index (χ1v) is 14.1. The Kier molecular flexibility index (Phi) is 18.5. The van der Waals surface area contributed by atoms with Crippen LogP contribution in [-0.4, -0.2) is 25.2 Å². The van der Waals surface area contributed by atoms with Crippen molar-refractivity contribution in [3.8, 4) is 0 Å². The number of rotatable bonds is 16. The van der Waals surface area contributed by atoms with Crippen LogP contribution in [0.1, 0.15) is 112 Å². The molecule has 4 nitrogen and oxygen atoms in total. The van der Waals surface area contributed by atoms with Gasteiger partial charge in [-0.25, -0.2) is 14.0 Å². The fourth-order valence-electron chi connectivity index (χ4n) is 3.55. The van der Waals surface area contributed by atoms with Crippen LogP contribution in [0.15, 0.2) is 53.0 Å². The second-order valence-corrected chi connectivity index (χ2v) is 9.71. The lowest BCUT2D eigenvalue weighted by Crippen LogP contribution is -2.15. The molecule has 0 aromatic heterocycles. The van der Waals surface area contributed by atoms with Crippen LogP contribution in [0, 0.1) is 5.82 Å². The topological polar surface area (TPSA) is 52.6 Å². The largest absolute Gasteiger partial charge is 0.462 e. The molecule has 0 aliphatic rings. The van der Waals surface area contributed by atoms with Gasteiger partial charge in [0.15, 0.2) is 0 Å². The molecule has 0 unspecified atom stereocenters. The van der Waals surface area contributed by atoms with E-state index in [1.54, 1.807) is 36.4 Å². The highest BCUT2D eigenvalue weighted by Crippen LogP contribution is 2.14. The minimum Gasteiger partial charge on any atom is -0.462 e. The van der Waals surface area contributed by atoms with Gasteiger partial charge in [-0.3, -0.25) is 0 Å². The maximum Gasteiger partial charge on any atom is 0.339 e. The third-order valence-electron chi connectivity index (χ3n) is 5.62. The van der Waals surface area contributed by atoms with E-state index in [4.69, 9.17) is 9.47 Å². The Morgan fingerprint density at radius 2 is 1.11 bits per heavy atom. The number of hydrogen-bond acceptors (Lipinski definition) is 4. The highest BCUT2D eigenvalue weighted by molar-refractivity contribution is 9.10. The average molecular weight is 566 g/mol. The Hall–Kier alpha value is -2.21. The third kappa shape index (κ3) is 15.0. The zero-order valence-electron chi connectivity index (χ0n) is 21.9. The molecule has 0 aliphatic heterocycles. The van der Waals surface area contributed by atoms with Gasteiger partial charge in [0.05, 0.1) is 24.3 Å². The van der Waals surface area contributed by atoms with Crippen molar-refractivity contribution >= 4 is 27.9 Å². The van der Waals surface area contributed by atoms with Gasteiger partial charge in [0.2, 0.25) is 0 Å². The van der Waals surface area contributed by atoms with Gasteiger partial charge in [0, 0.05) is 4.47 Å². The van der Waals surface area contributed by atoms with Gasteiger partial charge in [0.25, 0.3) is 0 Å². The Balaban J connectivity index is 0.000000681. The molecule has 0 N–H and O–H groups in total. The van der Waals surface area contributed by atoms with Crippen LogP contribution in [0.3, 0.4) is 0 Å². The van der Waals surface area contributed by atoms with Gasteiger partial charge in [-0.05, 0) is 43.2 Å². The van der Waals surface area contributed by atoms with Gasteiger partial charge in [0.1, 0.15) is 5.82 Å². The molecule has 200 valence electrons. The van der Waals surface area contributed by atoms with Crippen molar-refractivity contribution in [2.75, 3.05) is 13.2 Å². The summed E-state index contributed by atoms with van der Waals surface area (Å²) in [5.41, 5.74) is 0.586. The summed E-state index contributed by atoms with van der Waals surface area (Å²) in [6, 6.07) is 13.0. The fourth-order valence-corrected chi connectivity index (χ4v) is 3.92. The van der Waals surface area contributed by atoms with E-state index in [2.05, 4.69) is 29.8 Å². The summed E-state index contributed by atoms with van der Waals surface area (Å²) >= 11 is 3.12. The van der Waals surface area contributed by atoms with Gasteiger partial charge in [-0.2, -0.15) is 0 Å². The molecule has 0 saturated carbocycles. The molecule has 0 aliphatic carbocycles. The second kappa shape index (κ2) is 20.9. The number of carbonyl (C=O) groups is 2. The van der Waals surface area contributed by atoms with E-state index in [0.717, 1.165) is 30.2 Å². The number of hydrogen-bond donors (Lipinski definition) is 0. The number of esters is 2. The van der Waals surface area contributed by atoms with Crippen molar-refractivity contribution in [3.63, 3.8) is 0 Å². The molecule has 0 amide bonds. The van der Waals surface area contributed by atoms with Crippen LogP contribution >= 0.6 is 15.9 Å². The Morgan fingerprint density at radius 1 is 0.667 bits per heavy atom. The maximum absolute atomic E-state index is 12.4. The van der Waals surface area contributed by atoms with E-state index in [9.17, 15) is 14.0 Å². The lowest BCUT2D eigenvalue weighted by Gasteiger charge is -2.10. The van der Waals surface area contributed by atoms with E-state index in [0.29, 0.717) is 24.3 Å². The van der Waals surface area contributed by atoms with E-state index in [1.165, 1.54) is 63.5 Å². The summed E-state index contributed by atoms with van der Waals surface area (Å²) in [7, 11) is 0. The quantitative estimate of drug-likeness (QED) is 0.150. The van der Waals surface area contributed by atoms with Crippen LogP contribution in [0.5, 0.6) is 0 Å². The van der Waals surface area contributed by atoms with Gasteiger partial charge in [-0.1, -0.05) is 112 Å². The summed E-state index contributed by atoms with van der Waals surface area (Å²) in [6.07, 6.45) is 13.6. The summed E-state index contributed by atoms with van der Waals surface area (Å²) in [6.45, 7) is 5.17. The van der Waals surface area contributed by atoms with Crippen LogP contribution in [0.25, 0.3) is 0 Å². The molecule has 0 spiro atoms. The van der Waals surface area contributed by atoms with E-state index >= 15 is 0 Å². The van der Waals surface area contributed by atoms with Crippen molar-refractivity contribution in [1.29, 1.82) is 0 Å². The van der Waals surface area contributed by atoms with Gasteiger partial charge >= 0.3 is 11.9 Å². The summed E-state index contributed by atoms with van der Waals surface area (Å²) in [5, 5.41) is 0. The van der Waals surface area contributed by atoms with Gasteiger partial charge in [-0.15, -0.1) is 0 Å². The maximum atomic E-state index is 12.4. The lowest BCUT2D eigenvalue weighted by atomic mass is 10.1. The zero-order valence-corrected chi connectivity index (χ0v) is 23.5. The summed E-state index contributed by atoms with van der Waals surface area (Å²) < 4.78 is 23.6. The van der Waals surface area contributed by atoms with E-state index in [1.807, 2.05) is 0 Å². The molecule has 0 saturated heterocycles. The summed E-state index contributed by atoms with van der Waals surface area (Å²) in [4.78, 5) is 24.7. The second-order valence-electron chi connectivity index (χ2n) is 8.79. The fraction of sp³-hybridized carbons (Fsp3) is 0.533. The first kappa shape index (κ1) is 31.8. The van der Waals surface area contributed by atoms with Crippen LogP contribution in [0.2, 0.25) is 0 Å². The molecule has 2 aromatic carbocycles. The summed E-state index contributed by atoms with van der Waals surface area (Å²) in [5.74, 6) is -1.10. The number of unbranched alkanes of at least 4 members (excludes halogenated alkanes) is 10. The predicted octanol–water partition coefficient (Wildman–Crippen LogP) is 9.31. The molecule has 2 aromatic rings. The Morgan fingerprint density at radius 3 is 1.50 bits per heavy atom. The first-order chi connectivity index (χ1) is 17.5. The number of ether oxygens (including phenoxy) is 2. The first-order valence-electron chi connectivity index (χ1n) is 13.3. The smallest absolute Gasteiger partial charge is 0.339 e. The minimum absolute atomic E-state index is 0.209. The highest BCUT2D eigenvalue weighted by atomic mass is 79.9. The number of halogens is 2. The predicted molar refractivity (Wildman–Crippen MR) is 148 cm³/mol. The standard InChI is InChI=1S/C24H38O4.C6H4BrF/c1-3-5-7-9-11-15-19-27-23(25)21-17-13-14-18-22(21)24(26)28-20-16-12-10-8-6-4-2;7-5-2-1-3-6(8)4-5/h13-14,17-18H,3-12,15-16,19-20H2,1-2H3;1-4H. The van der Waals surface area contributed by atoms with Crippen LogP contribution < -0.4 is 0 Å². The molecule has 0 heterocycles. The van der Waals surface area contributed by atoms with Crippen molar-refractivity contribution in [2.24, 2.45) is 0 Å². The van der Waals surface area contributed by atoms with Gasteiger partial charge < -0.3 is 9.47 Å². The molecule has 2 rings (SSSR count). The Labute approximate surface area is 225 Å². The van der Waals surface area contributed by atoms with E-state index < -0.39 is 11.9 Å². The molecular formula is C30H42BrFO4. The molecule has 36 heavy (non-hydrogen) atoms. The van der Waals surface area contributed by atoms with Crippen molar-refractivity contribution in [1.82, 2.24) is 0 Å². The normalized spacial score (nSPS) is 10.3. The molecule has 0 bridgehead atoms. The molecule has 0 atom stereocenters. The molecule has 0 fully saturated rings. The molecule has 0 radical (unpaired) electrons. The monoisotopic (exact) mass is 564 g/mol. The minimum atomic E-state index is -0.444. The lowest BCUT2D eigenvalue weighted by molar-refractivity contribution is 0.0450. The number of carbonyl (C=O) groups excluding carboxylic acids is 2. The van der Waals surface area contributed by atoms with Crippen LogP contribution in [-0.2, 0) is 9.47 Å². The van der Waals surface area contributed by atoms with Crippen LogP contribution in [0.4, 0.5) is 4.39 Å². The van der Waals surface area contributed by atoms with Crippen molar-refractivity contribution in [3.05, 3.63) is 69.9 Å². The highest BCUT2D eigenvalue weighted by Gasteiger charge is 2.18. The third-order valence-corrected chi connectivity index (χ3v) is 6.11. The zero-order chi connectivity index (χ0) is 26.4.